The van der Waals surface area contributed by atoms with Crippen molar-refractivity contribution in [2.75, 3.05) is 11.9 Å². The van der Waals surface area contributed by atoms with Gasteiger partial charge in [-0.25, -0.2) is 0 Å². The minimum Gasteiger partial charge on any atom is -0.492 e. The lowest BCUT2D eigenvalue weighted by atomic mass is 9.98. The molecule has 0 heterocycles. The van der Waals surface area contributed by atoms with E-state index in [-0.39, 0.29) is 5.41 Å². The van der Waals surface area contributed by atoms with Gasteiger partial charge in [0.05, 0.1) is 11.1 Å². The summed E-state index contributed by atoms with van der Waals surface area (Å²) >= 11 is 12.7. The van der Waals surface area contributed by atoms with Crippen LogP contribution in [0, 0.1) is 5.41 Å². The van der Waals surface area contributed by atoms with Gasteiger partial charge in [0.1, 0.15) is 5.75 Å². The molecule has 1 aromatic rings. The molecule has 0 saturated carbocycles. The molecule has 0 aliphatic carbocycles. The molecule has 1 nitrogen and oxygen atoms in total. The first kappa shape index (κ1) is 13.3. The minimum absolute atomic E-state index is 0.124. The van der Waals surface area contributed by atoms with Gasteiger partial charge < -0.3 is 4.74 Å². The molecule has 1 rings (SSSR count). The number of ether oxygens (including phenoxy) is 1. The van der Waals surface area contributed by atoms with Crippen molar-refractivity contribution >= 4 is 43.5 Å². The van der Waals surface area contributed by atoms with E-state index in [4.69, 9.17) is 16.3 Å². The molecule has 0 bridgehead atoms. The molecule has 0 fully saturated rings. The summed E-state index contributed by atoms with van der Waals surface area (Å²) in [6.07, 6.45) is 0. The first-order valence-corrected chi connectivity index (χ1v) is 6.88. The van der Waals surface area contributed by atoms with Crippen molar-refractivity contribution in [3.63, 3.8) is 0 Å². The van der Waals surface area contributed by atoms with Gasteiger partial charge >= 0.3 is 0 Å². The molecule has 0 aromatic heterocycles. The van der Waals surface area contributed by atoms with Crippen LogP contribution >= 0.6 is 43.5 Å². The molecule has 0 atom stereocenters. The zero-order chi connectivity index (χ0) is 11.5. The van der Waals surface area contributed by atoms with Crippen LogP contribution in [0.2, 0.25) is 5.02 Å². The number of hydrogen-bond acceptors (Lipinski definition) is 1. The third-order valence-electron chi connectivity index (χ3n) is 1.87. The van der Waals surface area contributed by atoms with E-state index in [1.807, 2.05) is 18.2 Å². The fraction of sp³-hybridized carbons (Fsp3) is 0.455. The largest absolute Gasteiger partial charge is 0.492 e. The van der Waals surface area contributed by atoms with Crippen molar-refractivity contribution in [2.45, 2.75) is 13.8 Å². The van der Waals surface area contributed by atoms with Gasteiger partial charge in [-0.3, -0.25) is 0 Å². The summed E-state index contributed by atoms with van der Waals surface area (Å²) in [7, 11) is 0. The summed E-state index contributed by atoms with van der Waals surface area (Å²) in [5, 5.41) is 1.61. The average Bonchev–Trinajstić information content (AvgIpc) is 2.16. The standard InChI is InChI=1S/C11H13Br2ClO/c1-11(2,6-12)7-15-10-4-3-8(14)5-9(10)13/h3-5H,6-7H2,1-2H3. The molecule has 1 aromatic carbocycles. The molecule has 15 heavy (non-hydrogen) atoms. The summed E-state index contributed by atoms with van der Waals surface area (Å²) < 4.78 is 6.60. The van der Waals surface area contributed by atoms with E-state index < -0.39 is 0 Å². The molecule has 0 aliphatic heterocycles. The zero-order valence-electron chi connectivity index (χ0n) is 8.69. The first-order valence-electron chi connectivity index (χ1n) is 4.58. The van der Waals surface area contributed by atoms with Crippen molar-refractivity contribution in [1.29, 1.82) is 0 Å². The highest BCUT2D eigenvalue weighted by Gasteiger charge is 2.17. The predicted octanol–water partition coefficient (Wildman–Crippen LogP) is 4.90. The third kappa shape index (κ3) is 4.33. The molecule has 0 aliphatic rings. The van der Waals surface area contributed by atoms with E-state index in [1.165, 1.54) is 0 Å². The van der Waals surface area contributed by atoms with E-state index in [1.54, 1.807) is 0 Å². The van der Waals surface area contributed by atoms with Crippen LogP contribution in [0.3, 0.4) is 0 Å². The van der Waals surface area contributed by atoms with Crippen molar-refractivity contribution < 1.29 is 4.74 Å². The molecular weight excluding hydrogens is 343 g/mol. The zero-order valence-corrected chi connectivity index (χ0v) is 12.6. The van der Waals surface area contributed by atoms with Crippen molar-refractivity contribution in [3.8, 4) is 5.75 Å². The average molecular weight is 356 g/mol. The summed E-state index contributed by atoms with van der Waals surface area (Å²) in [6, 6.07) is 5.53. The Bertz CT molecular complexity index is 339. The normalized spacial score (nSPS) is 11.5. The van der Waals surface area contributed by atoms with Gasteiger partial charge in [-0.05, 0) is 34.1 Å². The highest BCUT2D eigenvalue weighted by Crippen LogP contribution is 2.29. The van der Waals surface area contributed by atoms with E-state index >= 15 is 0 Å². The lowest BCUT2D eigenvalue weighted by molar-refractivity contribution is 0.202. The Morgan fingerprint density at radius 2 is 2.07 bits per heavy atom. The van der Waals surface area contributed by atoms with Gasteiger partial charge in [0, 0.05) is 15.8 Å². The van der Waals surface area contributed by atoms with Crippen molar-refractivity contribution in [1.82, 2.24) is 0 Å². The second kappa shape index (κ2) is 5.55. The molecule has 0 unspecified atom stereocenters. The summed E-state index contributed by atoms with van der Waals surface area (Å²) in [6.45, 7) is 4.95. The fourth-order valence-corrected chi connectivity index (χ4v) is 1.86. The van der Waals surface area contributed by atoms with Gasteiger partial charge in [-0.1, -0.05) is 41.4 Å². The second-order valence-corrected chi connectivity index (χ2v) is 6.01. The Labute approximate surface area is 112 Å². The van der Waals surface area contributed by atoms with Crippen LogP contribution in [0.4, 0.5) is 0 Å². The van der Waals surface area contributed by atoms with Crippen LogP contribution in [0.1, 0.15) is 13.8 Å². The molecule has 0 amide bonds. The Hall–Kier alpha value is 0.270. The van der Waals surface area contributed by atoms with Crippen LogP contribution in [0.25, 0.3) is 0 Å². The maximum atomic E-state index is 5.84. The van der Waals surface area contributed by atoms with E-state index in [0.717, 1.165) is 15.6 Å². The number of alkyl halides is 1. The van der Waals surface area contributed by atoms with Crippen molar-refractivity contribution in [2.24, 2.45) is 5.41 Å². The molecule has 0 spiro atoms. The quantitative estimate of drug-likeness (QED) is 0.697. The van der Waals surface area contributed by atoms with Gasteiger partial charge in [0.2, 0.25) is 0 Å². The van der Waals surface area contributed by atoms with Gasteiger partial charge in [-0.2, -0.15) is 0 Å². The molecular formula is C11H13Br2ClO. The van der Waals surface area contributed by atoms with Crippen LogP contribution in [0.15, 0.2) is 22.7 Å². The smallest absolute Gasteiger partial charge is 0.133 e. The predicted molar refractivity (Wildman–Crippen MR) is 72.2 cm³/mol. The molecule has 0 radical (unpaired) electrons. The second-order valence-electron chi connectivity index (χ2n) is 4.16. The SMILES string of the molecule is CC(C)(CBr)COc1ccc(Cl)cc1Br. The molecule has 84 valence electrons. The Kier molecular flexibility index (Phi) is 4.94. The maximum absolute atomic E-state index is 5.84. The minimum atomic E-state index is 0.124. The number of halogens is 3. The molecule has 4 heteroatoms. The van der Waals surface area contributed by atoms with Crippen molar-refractivity contribution in [3.05, 3.63) is 27.7 Å². The topological polar surface area (TPSA) is 9.23 Å². The van der Waals surface area contributed by atoms with Gasteiger partial charge in [0.15, 0.2) is 0 Å². The lowest BCUT2D eigenvalue weighted by Gasteiger charge is -2.22. The Balaban J connectivity index is 2.66. The molecule has 0 N–H and O–H groups in total. The van der Waals surface area contributed by atoms with E-state index in [9.17, 15) is 0 Å². The Morgan fingerprint density at radius 3 is 2.60 bits per heavy atom. The first-order chi connectivity index (χ1) is 6.94. The van der Waals surface area contributed by atoms with Gasteiger partial charge in [-0.15, -0.1) is 0 Å². The number of rotatable bonds is 4. The highest BCUT2D eigenvalue weighted by atomic mass is 79.9. The highest BCUT2D eigenvalue weighted by molar-refractivity contribution is 9.10. The van der Waals surface area contributed by atoms with Crippen LogP contribution < -0.4 is 4.74 Å². The summed E-state index contributed by atoms with van der Waals surface area (Å²) in [4.78, 5) is 0. The van der Waals surface area contributed by atoms with Crippen LogP contribution in [-0.2, 0) is 0 Å². The maximum Gasteiger partial charge on any atom is 0.133 e. The number of benzene rings is 1. The summed E-state index contributed by atoms with van der Waals surface area (Å²) in [5.74, 6) is 0.827. The van der Waals surface area contributed by atoms with Crippen LogP contribution in [-0.4, -0.2) is 11.9 Å². The Morgan fingerprint density at radius 1 is 1.40 bits per heavy atom. The van der Waals surface area contributed by atoms with Gasteiger partial charge in [0.25, 0.3) is 0 Å². The number of hydrogen-bond donors (Lipinski definition) is 0. The monoisotopic (exact) mass is 354 g/mol. The third-order valence-corrected chi connectivity index (χ3v) is 4.25. The van der Waals surface area contributed by atoms with Crippen LogP contribution in [0.5, 0.6) is 5.75 Å². The lowest BCUT2D eigenvalue weighted by Crippen LogP contribution is -2.22. The molecule has 0 saturated heterocycles. The van der Waals surface area contributed by atoms with E-state index in [0.29, 0.717) is 11.6 Å². The van der Waals surface area contributed by atoms with E-state index in [2.05, 4.69) is 45.7 Å². The summed E-state index contributed by atoms with van der Waals surface area (Å²) in [5.41, 5.74) is 0.124. The fourth-order valence-electron chi connectivity index (χ4n) is 0.904.